The molecule has 0 spiro atoms. The number of carboxylic acids is 1. The molecule has 1 aliphatic carbocycles. The molecule has 3 N–H and O–H groups in total. The Morgan fingerprint density at radius 2 is 2.14 bits per heavy atom. The van der Waals surface area contributed by atoms with E-state index in [0.29, 0.717) is 5.92 Å². The smallest absolute Gasteiger partial charge is 0.320 e. The standard InChI is InChI=1S/C9H16N2O3/c1-6(9(13)14)10-5-8(12)11-4-7-2-3-7/h6-7,10H,2-5H2,1H3,(H,11,12)(H,13,14). The molecule has 0 bridgehead atoms. The molecule has 1 fully saturated rings. The summed E-state index contributed by atoms with van der Waals surface area (Å²) in [6, 6.07) is -0.679. The maximum atomic E-state index is 11.1. The average Bonchev–Trinajstić information content (AvgIpc) is 2.94. The molecule has 0 heterocycles. The van der Waals surface area contributed by atoms with Gasteiger partial charge in [0.2, 0.25) is 5.91 Å². The Bertz CT molecular complexity index is 226. The lowest BCUT2D eigenvalue weighted by molar-refractivity contribution is -0.139. The molecule has 0 aromatic heterocycles. The molecule has 1 atom stereocenters. The van der Waals surface area contributed by atoms with E-state index in [4.69, 9.17) is 5.11 Å². The Morgan fingerprint density at radius 3 is 2.64 bits per heavy atom. The van der Waals surface area contributed by atoms with E-state index in [2.05, 4.69) is 10.6 Å². The van der Waals surface area contributed by atoms with Gasteiger partial charge in [-0.2, -0.15) is 0 Å². The fourth-order valence-corrected chi connectivity index (χ4v) is 0.976. The van der Waals surface area contributed by atoms with Crippen LogP contribution in [0.1, 0.15) is 19.8 Å². The number of carbonyl (C=O) groups excluding carboxylic acids is 1. The lowest BCUT2D eigenvalue weighted by atomic mass is 10.3. The van der Waals surface area contributed by atoms with Crippen LogP contribution in [0.25, 0.3) is 0 Å². The number of aliphatic carboxylic acids is 1. The highest BCUT2D eigenvalue weighted by Gasteiger charge is 2.21. The van der Waals surface area contributed by atoms with Gasteiger partial charge in [-0.15, -0.1) is 0 Å². The zero-order valence-corrected chi connectivity index (χ0v) is 8.25. The molecule has 0 saturated heterocycles. The summed E-state index contributed by atoms with van der Waals surface area (Å²) in [7, 11) is 0. The average molecular weight is 200 g/mol. The van der Waals surface area contributed by atoms with Crippen LogP contribution in [-0.2, 0) is 9.59 Å². The van der Waals surface area contributed by atoms with Crippen molar-refractivity contribution in [1.29, 1.82) is 0 Å². The van der Waals surface area contributed by atoms with E-state index in [0.717, 1.165) is 6.54 Å². The summed E-state index contributed by atoms with van der Waals surface area (Å²) in [5.74, 6) is -0.430. The Kier molecular flexibility index (Phi) is 3.88. The van der Waals surface area contributed by atoms with E-state index in [9.17, 15) is 9.59 Å². The zero-order valence-electron chi connectivity index (χ0n) is 8.25. The zero-order chi connectivity index (χ0) is 10.6. The second-order valence-corrected chi connectivity index (χ2v) is 3.69. The van der Waals surface area contributed by atoms with Gasteiger partial charge in [0.15, 0.2) is 0 Å². The molecule has 1 saturated carbocycles. The number of carboxylic acid groups (broad SMARTS) is 1. The van der Waals surface area contributed by atoms with Gasteiger partial charge in [0, 0.05) is 6.54 Å². The van der Waals surface area contributed by atoms with E-state index in [1.54, 1.807) is 0 Å². The highest BCUT2D eigenvalue weighted by molar-refractivity contribution is 5.79. The molecule has 0 aliphatic heterocycles. The maximum absolute atomic E-state index is 11.1. The first-order valence-electron chi connectivity index (χ1n) is 4.82. The van der Waals surface area contributed by atoms with E-state index < -0.39 is 12.0 Å². The highest BCUT2D eigenvalue weighted by Crippen LogP contribution is 2.27. The van der Waals surface area contributed by atoms with Crippen molar-refractivity contribution in [2.24, 2.45) is 5.92 Å². The predicted molar refractivity (Wildman–Crippen MR) is 50.8 cm³/mol. The van der Waals surface area contributed by atoms with Crippen LogP contribution in [0.15, 0.2) is 0 Å². The minimum Gasteiger partial charge on any atom is -0.480 e. The third-order valence-corrected chi connectivity index (χ3v) is 2.22. The molecule has 5 heteroatoms. The molecule has 1 amide bonds. The summed E-state index contributed by atoms with van der Waals surface area (Å²) in [6.07, 6.45) is 2.39. The summed E-state index contributed by atoms with van der Waals surface area (Å²) in [4.78, 5) is 21.5. The summed E-state index contributed by atoms with van der Waals surface area (Å²) < 4.78 is 0. The van der Waals surface area contributed by atoms with Gasteiger partial charge in [-0.25, -0.2) is 0 Å². The Hall–Kier alpha value is -1.10. The molecule has 1 aliphatic rings. The van der Waals surface area contributed by atoms with Crippen LogP contribution in [-0.4, -0.2) is 36.1 Å². The largest absolute Gasteiger partial charge is 0.480 e. The SMILES string of the molecule is CC(NCC(=O)NCC1CC1)C(=O)O. The number of carbonyl (C=O) groups is 2. The fourth-order valence-electron chi connectivity index (χ4n) is 0.976. The maximum Gasteiger partial charge on any atom is 0.320 e. The second kappa shape index (κ2) is 4.95. The molecular formula is C9H16N2O3. The first-order valence-corrected chi connectivity index (χ1v) is 4.82. The van der Waals surface area contributed by atoms with Crippen molar-refractivity contribution in [2.75, 3.05) is 13.1 Å². The minimum atomic E-state index is -0.944. The normalized spacial score (nSPS) is 17.5. The Labute approximate surface area is 82.9 Å². The van der Waals surface area contributed by atoms with Crippen LogP contribution in [0.5, 0.6) is 0 Å². The quantitative estimate of drug-likeness (QED) is 0.544. The van der Waals surface area contributed by atoms with Gasteiger partial charge in [-0.3, -0.25) is 14.9 Å². The van der Waals surface area contributed by atoms with Crippen molar-refractivity contribution >= 4 is 11.9 Å². The second-order valence-electron chi connectivity index (χ2n) is 3.69. The number of nitrogens with one attached hydrogen (secondary N) is 2. The van der Waals surface area contributed by atoms with Gasteiger partial charge in [-0.1, -0.05) is 0 Å². The lowest BCUT2D eigenvalue weighted by Gasteiger charge is -2.08. The van der Waals surface area contributed by atoms with Crippen molar-refractivity contribution in [1.82, 2.24) is 10.6 Å². The molecule has 14 heavy (non-hydrogen) atoms. The molecule has 0 aromatic carbocycles. The van der Waals surface area contributed by atoms with Crippen LogP contribution in [0, 0.1) is 5.92 Å². The fraction of sp³-hybridized carbons (Fsp3) is 0.778. The number of amides is 1. The van der Waals surface area contributed by atoms with Gasteiger partial charge < -0.3 is 10.4 Å². The minimum absolute atomic E-state index is 0.0696. The molecule has 5 nitrogen and oxygen atoms in total. The summed E-state index contributed by atoms with van der Waals surface area (Å²) in [5, 5.41) is 13.9. The topological polar surface area (TPSA) is 78.4 Å². The molecule has 1 unspecified atom stereocenters. The predicted octanol–water partition coefficient (Wildman–Crippen LogP) is -0.425. The van der Waals surface area contributed by atoms with Crippen LogP contribution >= 0.6 is 0 Å². The van der Waals surface area contributed by atoms with E-state index in [1.807, 2.05) is 0 Å². The van der Waals surface area contributed by atoms with Gasteiger partial charge >= 0.3 is 5.97 Å². The monoisotopic (exact) mass is 200 g/mol. The van der Waals surface area contributed by atoms with Gasteiger partial charge in [0.05, 0.1) is 6.54 Å². The van der Waals surface area contributed by atoms with Gasteiger partial charge in [-0.05, 0) is 25.7 Å². The van der Waals surface area contributed by atoms with Crippen LogP contribution < -0.4 is 10.6 Å². The number of hydrogen-bond donors (Lipinski definition) is 3. The van der Waals surface area contributed by atoms with Crippen LogP contribution in [0.4, 0.5) is 0 Å². The van der Waals surface area contributed by atoms with Crippen molar-refractivity contribution in [3.05, 3.63) is 0 Å². The summed E-state index contributed by atoms with van der Waals surface area (Å²) in [6.45, 7) is 2.30. The van der Waals surface area contributed by atoms with Crippen LogP contribution in [0.2, 0.25) is 0 Å². The highest BCUT2D eigenvalue weighted by atomic mass is 16.4. The third kappa shape index (κ3) is 4.23. The first kappa shape index (κ1) is 11.0. The summed E-state index contributed by atoms with van der Waals surface area (Å²) >= 11 is 0. The first-order chi connectivity index (χ1) is 6.59. The van der Waals surface area contributed by atoms with Crippen molar-refractivity contribution in [3.8, 4) is 0 Å². The molecule has 80 valence electrons. The Morgan fingerprint density at radius 1 is 1.50 bits per heavy atom. The van der Waals surface area contributed by atoms with Gasteiger partial charge in [0.25, 0.3) is 0 Å². The number of rotatable bonds is 6. The van der Waals surface area contributed by atoms with Crippen molar-refractivity contribution < 1.29 is 14.7 Å². The van der Waals surface area contributed by atoms with E-state index in [1.165, 1.54) is 19.8 Å². The molecule has 0 radical (unpaired) electrons. The van der Waals surface area contributed by atoms with E-state index in [-0.39, 0.29) is 12.5 Å². The van der Waals surface area contributed by atoms with Crippen molar-refractivity contribution in [3.63, 3.8) is 0 Å². The van der Waals surface area contributed by atoms with Crippen molar-refractivity contribution in [2.45, 2.75) is 25.8 Å². The van der Waals surface area contributed by atoms with E-state index >= 15 is 0 Å². The Balaban J connectivity index is 2.04. The molecule has 1 rings (SSSR count). The third-order valence-electron chi connectivity index (χ3n) is 2.22. The summed E-state index contributed by atoms with van der Waals surface area (Å²) in [5.41, 5.74) is 0. The van der Waals surface area contributed by atoms with Gasteiger partial charge in [0.1, 0.15) is 6.04 Å². The molecule has 0 aromatic rings. The number of hydrogen-bond acceptors (Lipinski definition) is 3. The lowest BCUT2D eigenvalue weighted by Crippen LogP contribution is -2.41. The van der Waals surface area contributed by atoms with Crippen LogP contribution in [0.3, 0.4) is 0 Å². The molecular weight excluding hydrogens is 184 g/mol.